The molecule has 2 N–H and O–H groups in total. The van der Waals surface area contributed by atoms with Crippen molar-refractivity contribution in [3.05, 3.63) is 15.6 Å². The summed E-state index contributed by atoms with van der Waals surface area (Å²) in [5, 5.41) is 20.5. The maximum atomic E-state index is 11.6. The Morgan fingerprint density at radius 1 is 1.58 bits per heavy atom. The molecule has 2 amide bonds. The molecule has 0 saturated carbocycles. The van der Waals surface area contributed by atoms with Gasteiger partial charge in [-0.1, -0.05) is 0 Å². The number of amides is 2. The fraction of sp³-hybridized carbons (Fsp3) is 0.455. The van der Waals surface area contributed by atoms with Gasteiger partial charge in [0.2, 0.25) is 0 Å². The minimum Gasteiger partial charge on any atom is -0.477 e. The largest absolute Gasteiger partial charge is 0.477 e. The molecule has 0 unspecified atom stereocenters. The molecule has 0 spiro atoms. The Balaban J connectivity index is 2.53. The second kappa shape index (κ2) is 6.70. The zero-order valence-electron chi connectivity index (χ0n) is 10.6. The zero-order valence-corrected chi connectivity index (χ0v) is 11.5. The van der Waals surface area contributed by atoms with Gasteiger partial charge in [0.1, 0.15) is 9.88 Å². The van der Waals surface area contributed by atoms with Crippen molar-refractivity contribution >= 4 is 23.3 Å². The first-order valence-corrected chi connectivity index (χ1v) is 6.33. The van der Waals surface area contributed by atoms with E-state index < -0.39 is 5.97 Å². The van der Waals surface area contributed by atoms with Gasteiger partial charge in [0.05, 0.1) is 24.7 Å². The summed E-state index contributed by atoms with van der Waals surface area (Å²) < 4.78 is 0. The molecule has 0 fully saturated rings. The van der Waals surface area contributed by atoms with Crippen molar-refractivity contribution in [3.63, 3.8) is 0 Å². The van der Waals surface area contributed by atoms with E-state index in [4.69, 9.17) is 10.4 Å². The maximum Gasteiger partial charge on any atom is 0.347 e. The van der Waals surface area contributed by atoms with Crippen molar-refractivity contribution in [2.45, 2.75) is 19.9 Å². The summed E-state index contributed by atoms with van der Waals surface area (Å²) in [5.74, 6) is -1.02. The molecule has 1 aromatic rings. The van der Waals surface area contributed by atoms with E-state index in [0.29, 0.717) is 17.2 Å². The van der Waals surface area contributed by atoms with Crippen molar-refractivity contribution in [1.29, 1.82) is 5.26 Å². The molecule has 19 heavy (non-hydrogen) atoms. The number of nitriles is 1. The number of hydrogen-bond donors (Lipinski definition) is 2. The number of aromatic nitrogens is 1. The molecule has 0 radical (unpaired) electrons. The van der Waals surface area contributed by atoms with Crippen LogP contribution in [-0.4, -0.2) is 40.6 Å². The lowest BCUT2D eigenvalue weighted by Gasteiger charge is -2.15. The summed E-state index contributed by atoms with van der Waals surface area (Å²) in [6.45, 7) is 2.14. The lowest BCUT2D eigenvalue weighted by Crippen LogP contribution is -2.37. The molecular weight excluding hydrogens is 268 g/mol. The second-order valence-electron chi connectivity index (χ2n) is 3.82. The monoisotopic (exact) mass is 282 g/mol. The number of thiazole rings is 1. The van der Waals surface area contributed by atoms with Gasteiger partial charge >= 0.3 is 12.0 Å². The average Bonchev–Trinajstić information content (AvgIpc) is 2.74. The molecule has 1 aromatic heterocycles. The fourth-order valence-electron chi connectivity index (χ4n) is 1.33. The number of nitrogens with one attached hydrogen (secondary N) is 1. The van der Waals surface area contributed by atoms with Gasteiger partial charge < -0.3 is 15.3 Å². The number of carboxylic acids is 1. The third-order valence-corrected chi connectivity index (χ3v) is 3.48. The Labute approximate surface area is 114 Å². The van der Waals surface area contributed by atoms with Crippen molar-refractivity contribution in [2.75, 3.05) is 13.6 Å². The number of carboxylic acid groups (broad SMARTS) is 1. The van der Waals surface area contributed by atoms with Crippen LogP contribution >= 0.6 is 11.3 Å². The zero-order chi connectivity index (χ0) is 14.4. The van der Waals surface area contributed by atoms with E-state index in [9.17, 15) is 9.59 Å². The molecular formula is C11H14N4O3S. The van der Waals surface area contributed by atoms with Crippen LogP contribution in [0.4, 0.5) is 4.79 Å². The second-order valence-corrected chi connectivity index (χ2v) is 4.90. The van der Waals surface area contributed by atoms with E-state index in [2.05, 4.69) is 10.3 Å². The van der Waals surface area contributed by atoms with Crippen LogP contribution in [0.5, 0.6) is 0 Å². The van der Waals surface area contributed by atoms with Gasteiger partial charge in [-0.05, 0) is 6.92 Å². The lowest BCUT2D eigenvalue weighted by molar-refractivity contribution is 0.0701. The minimum atomic E-state index is -1.02. The highest BCUT2D eigenvalue weighted by Gasteiger charge is 2.15. The molecule has 1 rings (SSSR count). The molecule has 7 nitrogen and oxygen atoms in total. The standard InChI is InChI=1S/C11H14N4O3S/c1-7-9(10(16)17)19-8(14-7)6-13-11(18)15(2)5-3-4-12/h3,5-6H2,1-2H3,(H,13,18)(H,16,17). The summed E-state index contributed by atoms with van der Waals surface area (Å²) in [4.78, 5) is 28.1. The van der Waals surface area contributed by atoms with Crippen LogP contribution in [0.3, 0.4) is 0 Å². The van der Waals surface area contributed by atoms with Crippen LogP contribution < -0.4 is 5.32 Å². The Morgan fingerprint density at radius 2 is 2.26 bits per heavy atom. The van der Waals surface area contributed by atoms with E-state index in [1.165, 1.54) is 4.90 Å². The summed E-state index contributed by atoms with van der Waals surface area (Å²) in [6.07, 6.45) is 0.267. The van der Waals surface area contributed by atoms with Crippen molar-refractivity contribution in [1.82, 2.24) is 15.2 Å². The first-order valence-electron chi connectivity index (χ1n) is 5.51. The molecule has 0 saturated heterocycles. The van der Waals surface area contributed by atoms with Crippen LogP contribution in [0, 0.1) is 18.3 Å². The highest BCUT2D eigenvalue weighted by atomic mass is 32.1. The topological polar surface area (TPSA) is 106 Å². The van der Waals surface area contributed by atoms with Gasteiger partial charge in [-0.3, -0.25) is 0 Å². The molecule has 0 atom stereocenters. The van der Waals surface area contributed by atoms with Crippen LogP contribution in [0.25, 0.3) is 0 Å². The number of urea groups is 1. The molecule has 0 bridgehead atoms. The summed E-state index contributed by atoms with van der Waals surface area (Å²) in [7, 11) is 1.59. The van der Waals surface area contributed by atoms with E-state index in [0.717, 1.165) is 11.3 Å². The number of rotatable bonds is 5. The van der Waals surface area contributed by atoms with Gasteiger partial charge in [0.15, 0.2) is 0 Å². The SMILES string of the molecule is Cc1nc(CNC(=O)N(C)CCC#N)sc1C(=O)O. The molecule has 0 aliphatic rings. The Hall–Kier alpha value is -2.14. The minimum absolute atomic E-state index is 0.175. The number of carbonyl (C=O) groups is 2. The number of hydrogen-bond acceptors (Lipinski definition) is 5. The molecule has 0 aliphatic carbocycles. The van der Waals surface area contributed by atoms with Crippen molar-refractivity contribution in [3.8, 4) is 6.07 Å². The van der Waals surface area contributed by atoms with Crippen LogP contribution in [0.15, 0.2) is 0 Å². The van der Waals surface area contributed by atoms with Gasteiger partial charge in [0.25, 0.3) is 0 Å². The molecule has 8 heteroatoms. The Kier molecular flexibility index (Phi) is 5.26. The van der Waals surface area contributed by atoms with Crippen molar-refractivity contribution < 1.29 is 14.7 Å². The molecule has 0 aromatic carbocycles. The van der Waals surface area contributed by atoms with E-state index >= 15 is 0 Å². The smallest absolute Gasteiger partial charge is 0.347 e. The Bertz CT molecular complexity index is 521. The number of aromatic carboxylic acids is 1. The van der Waals surface area contributed by atoms with Gasteiger partial charge in [-0.15, -0.1) is 11.3 Å². The van der Waals surface area contributed by atoms with Gasteiger partial charge in [-0.2, -0.15) is 5.26 Å². The van der Waals surface area contributed by atoms with Gasteiger partial charge in [0, 0.05) is 13.6 Å². The first kappa shape index (κ1) is 14.9. The summed E-state index contributed by atoms with van der Waals surface area (Å²) >= 11 is 1.04. The highest BCUT2D eigenvalue weighted by molar-refractivity contribution is 7.13. The van der Waals surface area contributed by atoms with E-state index in [1.807, 2.05) is 6.07 Å². The van der Waals surface area contributed by atoms with Crippen LogP contribution in [-0.2, 0) is 6.54 Å². The summed E-state index contributed by atoms with van der Waals surface area (Å²) in [5.41, 5.74) is 0.444. The lowest BCUT2D eigenvalue weighted by atomic mass is 10.4. The predicted octanol–water partition coefficient (Wildman–Crippen LogP) is 1.20. The molecule has 0 aliphatic heterocycles. The fourth-order valence-corrected chi connectivity index (χ4v) is 2.17. The van der Waals surface area contributed by atoms with E-state index in [-0.39, 0.29) is 23.9 Å². The highest BCUT2D eigenvalue weighted by Crippen LogP contribution is 2.17. The number of nitrogens with zero attached hydrogens (tertiary/aromatic N) is 3. The average molecular weight is 282 g/mol. The van der Waals surface area contributed by atoms with Crippen molar-refractivity contribution in [2.24, 2.45) is 0 Å². The third-order valence-electron chi connectivity index (χ3n) is 2.33. The molecule has 102 valence electrons. The summed E-state index contributed by atoms with van der Waals surface area (Å²) in [6, 6.07) is 1.63. The van der Waals surface area contributed by atoms with Gasteiger partial charge in [-0.25, -0.2) is 14.6 Å². The number of carbonyl (C=O) groups excluding carboxylic acids is 1. The van der Waals surface area contributed by atoms with Crippen LogP contribution in [0.2, 0.25) is 0 Å². The predicted molar refractivity (Wildman–Crippen MR) is 68.9 cm³/mol. The normalized spacial score (nSPS) is 9.74. The quantitative estimate of drug-likeness (QED) is 0.844. The third kappa shape index (κ3) is 4.22. The van der Waals surface area contributed by atoms with Crippen LogP contribution in [0.1, 0.15) is 26.8 Å². The Morgan fingerprint density at radius 3 is 2.79 bits per heavy atom. The molecule has 1 heterocycles. The first-order chi connectivity index (χ1) is 8.95. The van der Waals surface area contributed by atoms with E-state index in [1.54, 1.807) is 14.0 Å². The number of aryl methyl sites for hydroxylation is 1. The maximum absolute atomic E-state index is 11.6.